The van der Waals surface area contributed by atoms with Crippen LogP contribution < -0.4 is 14.2 Å². The fraction of sp³-hybridized carbons (Fsp3) is 0.190. The summed E-state index contributed by atoms with van der Waals surface area (Å²) in [7, 11) is 6.15. The molecule has 0 amide bonds. The number of carbonyl (C=O) groups is 1. The zero-order valence-electron chi connectivity index (χ0n) is 16.9. The van der Waals surface area contributed by atoms with Crippen molar-refractivity contribution in [1.82, 2.24) is 15.0 Å². The number of ether oxygens (including phenoxy) is 3. The number of benzene rings is 2. The second-order valence-electron chi connectivity index (χ2n) is 6.21. The van der Waals surface area contributed by atoms with Gasteiger partial charge in [-0.25, -0.2) is 4.79 Å². The topological polar surface area (TPSA) is 83.0 Å². The van der Waals surface area contributed by atoms with E-state index in [1.807, 2.05) is 0 Å². The van der Waals surface area contributed by atoms with Gasteiger partial charge in [0.15, 0.2) is 0 Å². The first-order valence-electron chi connectivity index (χ1n) is 8.84. The second-order valence-corrected chi connectivity index (χ2v) is 6.65. The quantitative estimate of drug-likeness (QED) is 0.516. The van der Waals surface area contributed by atoms with Crippen LogP contribution in [-0.4, -0.2) is 49.3 Å². The van der Waals surface area contributed by atoms with Gasteiger partial charge >= 0.3 is 12.0 Å². The summed E-state index contributed by atoms with van der Waals surface area (Å²) in [6, 6.07) is 13.7. The Balaban J connectivity index is 2.11. The molecule has 0 radical (unpaired) electrons. The van der Waals surface area contributed by atoms with E-state index in [9.17, 15) is 4.79 Å². The predicted octanol–water partition coefficient (Wildman–Crippen LogP) is 4.24. The number of halogens is 1. The number of rotatable bonds is 7. The van der Waals surface area contributed by atoms with Gasteiger partial charge in [-0.05, 0) is 23.8 Å². The third kappa shape index (κ3) is 4.97. The molecule has 3 rings (SSSR count). The Labute approximate surface area is 178 Å². The Hall–Kier alpha value is -3.36. The number of nitrogens with zero attached hydrogens (tertiary/aromatic N) is 3. The van der Waals surface area contributed by atoms with Gasteiger partial charge in [0.1, 0.15) is 11.3 Å². The van der Waals surface area contributed by atoms with E-state index in [2.05, 4.69) is 9.97 Å². The van der Waals surface area contributed by atoms with Gasteiger partial charge in [-0.15, -0.1) is 5.06 Å². The highest BCUT2D eigenvalue weighted by Crippen LogP contribution is 2.34. The fourth-order valence-corrected chi connectivity index (χ4v) is 2.77. The van der Waals surface area contributed by atoms with E-state index in [1.54, 1.807) is 56.6 Å². The Morgan fingerprint density at radius 1 is 0.967 bits per heavy atom. The molecule has 0 spiro atoms. The number of methoxy groups -OCH3 is 2. The Kier molecular flexibility index (Phi) is 6.71. The van der Waals surface area contributed by atoms with E-state index in [1.165, 1.54) is 25.3 Å². The van der Waals surface area contributed by atoms with E-state index < -0.39 is 5.97 Å². The van der Waals surface area contributed by atoms with Crippen molar-refractivity contribution in [3.63, 3.8) is 0 Å². The zero-order chi connectivity index (χ0) is 21.7. The Bertz CT molecular complexity index is 1020. The standard InChI is InChI=1S/C21H20ClN3O5/c1-25(2)30-20(26)19-15(13-8-10-14(22)11-9-13)6-5-7-16(19)29-21-23-17(27-3)12-18(24-21)28-4/h5-12H,1-4H3. The highest BCUT2D eigenvalue weighted by molar-refractivity contribution is 6.30. The maximum absolute atomic E-state index is 12.9. The second kappa shape index (κ2) is 9.43. The number of hydrogen-bond donors (Lipinski definition) is 0. The van der Waals surface area contributed by atoms with Crippen molar-refractivity contribution in [2.24, 2.45) is 0 Å². The number of carbonyl (C=O) groups excluding carboxylic acids is 1. The van der Waals surface area contributed by atoms with Crippen LogP contribution in [0.1, 0.15) is 10.4 Å². The first-order valence-corrected chi connectivity index (χ1v) is 9.22. The Morgan fingerprint density at radius 3 is 2.17 bits per heavy atom. The molecule has 3 aromatic rings. The summed E-state index contributed by atoms with van der Waals surface area (Å²) in [6.45, 7) is 0. The van der Waals surface area contributed by atoms with Crippen molar-refractivity contribution in [2.75, 3.05) is 28.3 Å². The summed E-state index contributed by atoms with van der Waals surface area (Å²) < 4.78 is 16.2. The first-order chi connectivity index (χ1) is 14.4. The molecule has 156 valence electrons. The minimum Gasteiger partial charge on any atom is -0.481 e. The van der Waals surface area contributed by atoms with E-state index in [0.29, 0.717) is 10.6 Å². The lowest BCUT2D eigenvalue weighted by Crippen LogP contribution is -2.19. The van der Waals surface area contributed by atoms with Crippen molar-refractivity contribution in [3.8, 4) is 34.6 Å². The molecule has 1 heterocycles. The van der Waals surface area contributed by atoms with Gasteiger partial charge in [0.25, 0.3) is 0 Å². The van der Waals surface area contributed by atoms with Gasteiger partial charge in [0, 0.05) is 24.7 Å². The smallest absolute Gasteiger partial charge is 0.361 e. The SMILES string of the molecule is COc1cc(OC)nc(Oc2cccc(-c3ccc(Cl)cc3)c2C(=O)ON(C)C)n1. The maximum atomic E-state index is 12.9. The van der Waals surface area contributed by atoms with Crippen molar-refractivity contribution in [2.45, 2.75) is 0 Å². The lowest BCUT2D eigenvalue weighted by Gasteiger charge is -2.16. The summed E-state index contributed by atoms with van der Waals surface area (Å²) >= 11 is 6.00. The average Bonchev–Trinajstić information content (AvgIpc) is 2.73. The van der Waals surface area contributed by atoms with Gasteiger partial charge in [0.05, 0.1) is 20.3 Å². The molecule has 0 bridgehead atoms. The molecule has 2 aromatic carbocycles. The molecule has 0 aliphatic carbocycles. The summed E-state index contributed by atoms with van der Waals surface area (Å²) in [5.41, 5.74) is 1.57. The third-order valence-corrected chi connectivity index (χ3v) is 4.18. The molecule has 0 saturated heterocycles. The molecule has 0 saturated carbocycles. The summed E-state index contributed by atoms with van der Waals surface area (Å²) in [6.07, 6.45) is 0. The molecule has 0 fully saturated rings. The number of aromatic nitrogens is 2. The summed E-state index contributed by atoms with van der Waals surface area (Å²) in [5, 5.41) is 1.89. The van der Waals surface area contributed by atoms with Gasteiger partial charge in [0.2, 0.25) is 11.8 Å². The maximum Gasteiger partial charge on any atom is 0.361 e. The van der Waals surface area contributed by atoms with Gasteiger partial charge in [-0.3, -0.25) is 0 Å². The van der Waals surface area contributed by atoms with Crippen LogP contribution in [0.15, 0.2) is 48.5 Å². The lowest BCUT2D eigenvalue weighted by molar-refractivity contribution is -0.0714. The van der Waals surface area contributed by atoms with E-state index >= 15 is 0 Å². The van der Waals surface area contributed by atoms with Crippen molar-refractivity contribution >= 4 is 17.6 Å². The average molecular weight is 430 g/mol. The van der Waals surface area contributed by atoms with Gasteiger partial charge < -0.3 is 19.0 Å². The molecule has 1 aromatic heterocycles. The van der Waals surface area contributed by atoms with Crippen LogP contribution in [0.4, 0.5) is 0 Å². The minimum absolute atomic E-state index is 0.0432. The Morgan fingerprint density at radius 2 is 1.60 bits per heavy atom. The monoisotopic (exact) mass is 429 g/mol. The van der Waals surface area contributed by atoms with Crippen LogP contribution in [0.2, 0.25) is 5.02 Å². The van der Waals surface area contributed by atoms with Gasteiger partial charge in [-0.2, -0.15) is 9.97 Å². The summed E-state index contributed by atoms with van der Waals surface area (Å²) in [5.74, 6) is 0.117. The van der Waals surface area contributed by atoms with Crippen LogP contribution in [0.25, 0.3) is 11.1 Å². The molecule has 0 aliphatic rings. The van der Waals surface area contributed by atoms with Crippen molar-refractivity contribution in [3.05, 3.63) is 59.1 Å². The molecule has 8 nitrogen and oxygen atoms in total. The predicted molar refractivity (Wildman–Crippen MR) is 111 cm³/mol. The number of hydroxylamine groups is 2. The molecule has 0 unspecified atom stereocenters. The van der Waals surface area contributed by atoms with Crippen LogP contribution >= 0.6 is 11.6 Å². The van der Waals surface area contributed by atoms with Crippen LogP contribution in [0, 0.1) is 0 Å². The van der Waals surface area contributed by atoms with Crippen molar-refractivity contribution in [1.29, 1.82) is 0 Å². The van der Waals surface area contributed by atoms with Crippen LogP contribution in [0.3, 0.4) is 0 Å². The zero-order valence-corrected chi connectivity index (χ0v) is 17.6. The highest BCUT2D eigenvalue weighted by atomic mass is 35.5. The first kappa shape index (κ1) is 21.4. The molecule has 0 atom stereocenters. The molecule has 30 heavy (non-hydrogen) atoms. The molecule has 9 heteroatoms. The van der Waals surface area contributed by atoms with Crippen LogP contribution in [-0.2, 0) is 4.84 Å². The lowest BCUT2D eigenvalue weighted by atomic mass is 9.99. The molecule has 0 N–H and O–H groups in total. The summed E-state index contributed by atoms with van der Waals surface area (Å²) in [4.78, 5) is 26.5. The van der Waals surface area contributed by atoms with E-state index in [4.69, 9.17) is 30.6 Å². The molecular weight excluding hydrogens is 410 g/mol. The van der Waals surface area contributed by atoms with E-state index in [-0.39, 0.29) is 29.1 Å². The van der Waals surface area contributed by atoms with Gasteiger partial charge in [-0.1, -0.05) is 35.9 Å². The van der Waals surface area contributed by atoms with Crippen molar-refractivity contribution < 1.29 is 23.8 Å². The van der Waals surface area contributed by atoms with E-state index in [0.717, 1.165) is 5.56 Å². The normalized spacial score (nSPS) is 10.6. The minimum atomic E-state index is -0.601. The number of hydrogen-bond acceptors (Lipinski definition) is 8. The third-order valence-electron chi connectivity index (χ3n) is 3.93. The highest BCUT2D eigenvalue weighted by Gasteiger charge is 2.23. The fourth-order valence-electron chi connectivity index (χ4n) is 2.65. The molecule has 0 aliphatic heterocycles. The molecular formula is C21H20ClN3O5. The van der Waals surface area contributed by atoms with Crippen LogP contribution in [0.5, 0.6) is 23.5 Å². The largest absolute Gasteiger partial charge is 0.481 e.